The second-order valence-corrected chi connectivity index (χ2v) is 5.47. The van der Waals surface area contributed by atoms with Gasteiger partial charge in [-0.25, -0.2) is 0 Å². The van der Waals surface area contributed by atoms with E-state index in [4.69, 9.17) is 4.74 Å². The van der Waals surface area contributed by atoms with Gasteiger partial charge in [-0.05, 0) is 19.1 Å². The Morgan fingerprint density at radius 1 is 1.00 bits per heavy atom. The van der Waals surface area contributed by atoms with Gasteiger partial charge in [0, 0.05) is 10.6 Å². The summed E-state index contributed by atoms with van der Waals surface area (Å²) in [7, 11) is -1.91. The molecule has 0 spiro atoms. The predicted octanol–water partition coefficient (Wildman–Crippen LogP) is 2.60. The largest absolute Gasteiger partial charge is 0.494 e. The summed E-state index contributed by atoms with van der Waals surface area (Å²) in [4.78, 5) is 0. The van der Waals surface area contributed by atoms with E-state index in [-0.39, 0.29) is 0 Å². The average molecular weight is 246 g/mol. The van der Waals surface area contributed by atoms with Crippen LogP contribution in [-0.2, 0) is 4.57 Å². The zero-order valence-electron chi connectivity index (χ0n) is 9.72. The second kappa shape index (κ2) is 5.70. The molecule has 2 aromatic rings. The number of benzene rings is 2. The van der Waals surface area contributed by atoms with Crippen molar-refractivity contribution in [3.05, 3.63) is 54.6 Å². The molecule has 0 fully saturated rings. The molecule has 0 bridgehead atoms. The summed E-state index contributed by atoms with van der Waals surface area (Å²) in [5.74, 6) is 0.777. The van der Waals surface area contributed by atoms with Crippen LogP contribution in [0.2, 0.25) is 0 Å². The molecule has 0 aliphatic rings. The van der Waals surface area contributed by atoms with Crippen LogP contribution in [0.3, 0.4) is 0 Å². The molecule has 3 heteroatoms. The van der Waals surface area contributed by atoms with Crippen molar-refractivity contribution in [2.24, 2.45) is 0 Å². The summed E-state index contributed by atoms with van der Waals surface area (Å²) in [5, 5.41) is 1.72. The highest BCUT2D eigenvalue weighted by molar-refractivity contribution is 7.61. The van der Waals surface area contributed by atoms with Gasteiger partial charge in [0.15, 0.2) is 0 Å². The third kappa shape index (κ3) is 2.98. The van der Waals surface area contributed by atoms with Crippen LogP contribution in [0.4, 0.5) is 0 Å². The van der Waals surface area contributed by atoms with Crippen molar-refractivity contribution in [3.8, 4) is 5.75 Å². The van der Waals surface area contributed by atoms with Gasteiger partial charge in [0.05, 0.1) is 6.61 Å². The summed E-state index contributed by atoms with van der Waals surface area (Å²) < 4.78 is 17.7. The minimum atomic E-state index is -1.91. The van der Waals surface area contributed by atoms with E-state index in [0.29, 0.717) is 6.61 Å². The van der Waals surface area contributed by atoms with E-state index in [1.54, 1.807) is 0 Å². The molecule has 0 saturated heterocycles. The van der Waals surface area contributed by atoms with Crippen LogP contribution in [0.25, 0.3) is 0 Å². The Morgan fingerprint density at radius 2 is 1.71 bits per heavy atom. The number of hydrogen-bond acceptors (Lipinski definition) is 2. The maximum Gasteiger partial charge on any atom is 0.131 e. The first-order valence-corrected chi connectivity index (χ1v) is 7.04. The number of hydrogen-bond donors (Lipinski definition) is 0. The number of rotatable bonds is 4. The lowest BCUT2D eigenvalue weighted by molar-refractivity contribution is 0.340. The fourth-order valence-corrected chi connectivity index (χ4v) is 3.00. The zero-order valence-corrected chi connectivity index (χ0v) is 10.7. The van der Waals surface area contributed by atoms with Crippen LogP contribution >= 0.6 is 7.80 Å². The summed E-state index contributed by atoms with van der Waals surface area (Å²) in [6.45, 7) is 2.56. The molecule has 2 nitrogen and oxygen atoms in total. The van der Waals surface area contributed by atoms with Gasteiger partial charge >= 0.3 is 0 Å². The van der Waals surface area contributed by atoms with Crippen LogP contribution in [-0.4, -0.2) is 6.61 Å². The average Bonchev–Trinajstić information content (AvgIpc) is 2.40. The van der Waals surface area contributed by atoms with Crippen molar-refractivity contribution in [1.29, 1.82) is 0 Å². The van der Waals surface area contributed by atoms with Crippen molar-refractivity contribution < 1.29 is 9.30 Å². The third-order valence-corrected chi connectivity index (χ3v) is 4.14. The van der Waals surface area contributed by atoms with Gasteiger partial charge in [0.25, 0.3) is 0 Å². The fourth-order valence-electron chi connectivity index (χ4n) is 1.65. The molecule has 0 aliphatic carbocycles. The van der Waals surface area contributed by atoms with Gasteiger partial charge < -0.3 is 9.30 Å². The Kier molecular flexibility index (Phi) is 4.00. The fraction of sp³-hybridized carbons (Fsp3) is 0.143. The van der Waals surface area contributed by atoms with E-state index in [2.05, 4.69) is 0 Å². The molecule has 2 aromatic carbocycles. The van der Waals surface area contributed by atoms with Crippen LogP contribution in [0.5, 0.6) is 5.75 Å². The van der Waals surface area contributed by atoms with Crippen molar-refractivity contribution in [3.63, 3.8) is 0 Å². The van der Waals surface area contributed by atoms with E-state index < -0.39 is 7.80 Å². The molecule has 0 saturated carbocycles. The van der Waals surface area contributed by atoms with Crippen LogP contribution in [0, 0.1) is 0 Å². The van der Waals surface area contributed by atoms with Gasteiger partial charge in [-0.3, -0.25) is 0 Å². The van der Waals surface area contributed by atoms with E-state index in [1.165, 1.54) is 0 Å². The first-order chi connectivity index (χ1) is 8.31. The van der Waals surface area contributed by atoms with Crippen LogP contribution in [0.15, 0.2) is 54.6 Å². The maximum absolute atomic E-state index is 12.3. The lowest BCUT2D eigenvalue weighted by Crippen LogP contribution is -2.06. The molecule has 0 amide bonds. The van der Waals surface area contributed by atoms with Crippen LogP contribution < -0.4 is 15.3 Å². The van der Waals surface area contributed by atoms with Crippen molar-refractivity contribution in [2.75, 3.05) is 6.61 Å². The minimum absolute atomic E-state index is 0.621. The van der Waals surface area contributed by atoms with E-state index in [1.807, 2.05) is 61.5 Å². The summed E-state index contributed by atoms with van der Waals surface area (Å²) in [5.41, 5.74) is 0. The predicted molar refractivity (Wildman–Crippen MR) is 72.3 cm³/mol. The van der Waals surface area contributed by atoms with Gasteiger partial charge in [-0.15, -0.1) is 0 Å². The quantitative estimate of drug-likeness (QED) is 0.775. The van der Waals surface area contributed by atoms with Crippen molar-refractivity contribution >= 4 is 18.4 Å². The van der Waals surface area contributed by atoms with Gasteiger partial charge in [-0.2, -0.15) is 0 Å². The highest BCUT2D eigenvalue weighted by Gasteiger charge is 2.06. The normalized spacial score (nSPS) is 12.1. The topological polar surface area (TPSA) is 26.3 Å². The van der Waals surface area contributed by atoms with Crippen molar-refractivity contribution in [2.45, 2.75) is 6.92 Å². The van der Waals surface area contributed by atoms with E-state index in [0.717, 1.165) is 16.4 Å². The lowest BCUT2D eigenvalue weighted by Gasteiger charge is -2.06. The Labute approximate surface area is 102 Å². The Balaban J connectivity index is 2.28. The number of ether oxygens (including phenoxy) is 1. The SMILES string of the molecule is CCOc1cccc([PH](=O)c2ccccc2)c1. The van der Waals surface area contributed by atoms with Gasteiger partial charge in [-0.1, -0.05) is 42.5 Å². The molecule has 88 valence electrons. The van der Waals surface area contributed by atoms with E-state index >= 15 is 0 Å². The highest BCUT2D eigenvalue weighted by atomic mass is 31.1. The van der Waals surface area contributed by atoms with Gasteiger partial charge in [0.2, 0.25) is 0 Å². The molecule has 2 rings (SSSR count). The molecule has 17 heavy (non-hydrogen) atoms. The summed E-state index contributed by atoms with van der Waals surface area (Å²) in [6.07, 6.45) is 0. The first kappa shape index (κ1) is 11.9. The summed E-state index contributed by atoms with van der Waals surface area (Å²) >= 11 is 0. The molecule has 0 N–H and O–H groups in total. The lowest BCUT2D eigenvalue weighted by atomic mass is 10.3. The Morgan fingerprint density at radius 3 is 2.41 bits per heavy atom. The van der Waals surface area contributed by atoms with E-state index in [9.17, 15) is 4.57 Å². The maximum atomic E-state index is 12.3. The molecular weight excluding hydrogens is 231 g/mol. The monoisotopic (exact) mass is 246 g/mol. The smallest absolute Gasteiger partial charge is 0.131 e. The molecule has 0 aliphatic heterocycles. The molecule has 0 heterocycles. The summed E-state index contributed by atoms with van der Waals surface area (Å²) in [6, 6.07) is 17.0. The Bertz CT molecular complexity index is 509. The highest BCUT2D eigenvalue weighted by Crippen LogP contribution is 2.21. The molecule has 1 unspecified atom stereocenters. The Hall–Kier alpha value is -1.53. The minimum Gasteiger partial charge on any atom is -0.494 e. The molecule has 1 atom stereocenters. The molecule has 0 aromatic heterocycles. The molecular formula is C14H15O2P. The first-order valence-electron chi connectivity index (χ1n) is 5.64. The molecule has 0 radical (unpaired) electrons. The van der Waals surface area contributed by atoms with Gasteiger partial charge in [0.1, 0.15) is 13.6 Å². The second-order valence-electron chi connectivity index (χ2n) is 3.66. The van der Waals surface area contributed by atoms with Crippen LogP contribution in [0.1, 0.15) is 6.92 Å². The third-order valence-electron chi connectivity index (χ3n) is 2.44. The zero-order chi connectivity index (χ0) is 12.1. The standard InChI is InChI=1S/C14H15O2P/c1-2-16-12-7-6-10-14(11-12)17(15)13-8-4-3-5-9-13/h3-11,17H,2H2,1H3. The van der Waals surface area contributed by atoms with Crippen molar-refractivity contribution in [1.82, 2.24) is 0 Å².